The number of nitrogens with zero attached hydrogens (tertiary/aromatic N) is 2. The summed E-state index contributed by atoms with van der Waals surface area (Å²) in [5.41, 5.74) is 9.32. The van der Waals surface area contributed by atoms with E-state index in [1.807, 2.05) is 45.9 Å². The van der Waals surface area contributed by atoms with Crippen molar-refractivity contribution in [3.8, 4) is 11.1 Å². The predicted molar refractivity (Wildman–Crippen MR) is 213 cm³/mol. The van der Waals surface area contributed by atoms with Gasteiger partial charge >= 0.3 is 0 Å². The fourth-order valence-corrected chi connectivity index (χ4v) is 7.62. The first-order valence-electron chi connectivity index (χ1n) is 19.2. The molecular weight excluding hydrogens is 652 g/mol. The quantitative estimate of drug-likeness (QED) is 0.118. The highest BCUT2D eigenvalue weighted by Gasteiger charge is 2.34. The van der Waals surface area contributed by atoms with Gasteiger partial charge in [-0.15, -0.1) is 5.73 Å². The van der Waals surface area contributed by atoms with Crippen LogP contribution in [0.15, 0.2) is 90.0 Å². The molecule has 1 saturated heterocycles. The van der Waals surface area contributed by atoms with Crippen LogP contribution in [-0.4, -0.2) is 29.5 Å². The molecule has 1 aliphatic heterocycles. The highest BCUT2D eigenvalue weighted by molar-refractivity contribution is 5.80. The summed E-state index contributed by atoms with van der Waals surface area (Å²) in [5.74, 6) is -1.68. The molecule has 1 unspecified atom stereocenters. The van der Waals surface area contributed by atoms with E-state index in [0.29, 0.717) is 48.2 Å². The van der Waals surface area contributed by atoms with Crippen LogP contribution in [0.2, 0.25) is 0 Å². The maximum Gasteiger partial charge on any atom is 0.162 e. The molecule has 0 aliphatic carbocycles. The van der Waals surface area contributed by atoms with Crippen molar-refractivity contribution in [2.75, 3.05) is 25.0 Å². The largest absolute Gasteiger partial charge is 0.348 e. The van der Waals surface area contributed by atoms with Crippen LogP contribution in [0, 0.1) is 29.9 Å². The van der Waals surface area contributed by atoms with Gasteiger partial charge in [0.1, 0.15) is 0 Å². The van der Waals surface area contributed by atoms with Crippen LogP contribution < -0.4 is 5.32 Å². The Morgan fingerprint density at radius 2 is 1.63 bits per heavy atom. The first kappa shape index (κ1) is 40.9. The van der Waals surface area contributed by atoms with Crippen molar-refractivity contribution in [3.63, 3.8) is 0 Å². The number of rotatable bonds is 16. The summed E-state index contributed by atoms with van der Waals surface area (Å²) in [6.45, 7) is 27.1. The van der Waals surface area contributed by atoms with E-state index in [-0.39, 0.29) is 5.92 Å². The summed E-state index contributed by atoms with van der Waals surface area (Å²) in [6, 6.07) is 13.4. The fraction of sp³-hybridized carbons (Fsp3) is 0.478. The van der Waals surface area contributed by atoms with E-state index in [2.05, 4.69) is 60.9 Å². The van der Waals surface area contributed by atoms with Crippen LogP contribution in [0.25, 0.3) is 11.1 Å². The van der Waals surface area contributed by atoms with Crippen molar-refractivity contribution in [2.45, 2.75) is 112 Å². The van der Waals surface area contributed by atoms with E-state index >= 15 is 13.2 Å². The first-order valence-corrected chi connectivity index (χ1v) is 19.2. The van der Waals surface area contributed by atoms with Gasteiger partial charge in [0.25, 0.3) is 0 Å². The van der Waals surface area contributed by atoms with E-state index < -0.39 is 22.7 Å². The van der Waals surface area contributed by atoms with Gasteiger partial charge in [-0.05, 0) is 139 Å². The molecule has 6 heteroatoms. The Morgan fingerprint density at radius 1 is 0.981 bits per heavy atom. The minimum atomic E-state index is -1.54. The second kappa shape index (κ2) is 17.8. The zero-order valence-electron chi connectivity index (χ0n) is 32.9. The summed E-state index contributed by atoms with van der Waals surface area (Å²) in [6.07, 6.45) is 8.56. The number of nitrogens with one attached hydrogen (secondary N) is 1. The van der Waals surface area contributed by atoms with E-state index in [4.69, 9.17) is 0 Å². The molecule has 0 saturated carbocycles. The van der Waals surface area contributed by atoms with Crippen molar-refractivity contribution in [1.82, 2.24) is 9.88 Å². The zero-order chi connectivity index (χ0) is 38.2. The highest BCUT2D eigenvalue weighted by atomic mass is 19.2. The summed E-state index contributed by atoms with van der Waals surface area (Å²) >= 11 is 0. The van der Waals surface area contributed by atoms with Gasteiger partial charge in [0.05, 0.1) is 11.4 Å². The average molecular weight is 712 g/mol. The maximum atomic E-state index is 15.9. The van der Waals surface area contributed by atoms with Gasteiger partial charge in [-0.3, -0.25) is 4.98 Å². The smallest absolute Gasteiger partial charge is 0.162 e. The Bertz CT molecular complexity index is 1780. The Hall–Kier alpha value is -3.86. The fourth-order valence-electron chi connectivity index (χ4n) is 7.62. The third-order valence-corrected chi connectivity index (χ3v) is 11.6. The lowest BCUT2D eigenvalue weighted by Crippen LogP contribution is -2.30. The molecule has 1 fully saturated rings. The maximum absolute atomic E-state index is 15.9. The number of halogens is 3. The van der Waals surface area contributed by atoms with Crippen LogP contribution in [0.1, 0.15) is 109 Å². The van der Waals surface area contributed by atoms with Crippen molar-refractivity contribution in [1.29, 1.82) is 0 Å². The monoisotopic (exact) mass is 711 g/mol. The minimum absolute atomic E-state index is 0.217. The van der Waals surface area contributed by atoms with Crippen molar-refractivity contribution >= 4 is 5.69 Å². The molecule has 2 aromatic carbocycles. The molecule has 1 aromatic heterocycles. The number of likely N-dealkylation sites (tertiary alicyclic amines) is 1. The number of hydrogen-bond donors (Lipinski definition) is 1. The highest BCUT2D eigenvalue weighted by Crippen LogP contribution is 2.44. The van der Waals surface area contributed by atoms with E-state index in [1.54, 1.807) is 31.3 Å². The van der Waals surface area contributed by atoms with Crippen molar-refractivity contribution in [3.05, 3.63) is 124 Å². The lowest BCUT2D eigenvalue weighted by molar-refractivity contribution is 0.118. The number of benzene rings is 2. The molecule has 280 valence electrons. The number of hydrogen-bond acceptors (Lipinski definition) is 3. The van der Waals surface area contributed by atoms with Crippen LogP contribution in [0.5, 0.6) is 0 Å². The first-order chi connectivity index (χ1) is 24.7. The molecule has 1 atom stereocenters. The number of allylic oxidation sites excluding steroid dienone is 2. The molecule has 1 N–H and O–H groups in total. The summed E-state index contributed by atoms with van der Waals surface area (Å²) in [7, 11) is 0. The van der Waals surface area contributed by atoms with Gasteiger partial charge < -0.3 is 10.2 Å². The summed E-state index contributed by atoms with van der Waals surface area (Å²) in [4.78, 5) is 6.97. The topological polar surface area (TPSA) is 28.2 Å². The Labute approximate surface area is 311 Å². The van der Waals surface area contributed by atoms with Gasteiger partial charge in [-0.1, -0.05) is 82.7 Å². The van der Waals surface area contributed by atoms with E-state index in [9.17, 15) is 0 Å². The predicted octanol–water partition coefficient (Wildman–Crippen LogP) is 12.6. The van der Waals surface area contributed by atoms with Crippen LogP contribution in [-0.2, 0) is 18.5 Å². The Kier molecular flexibility index (Phi) is 14.0. The van der Waals surface area contributed by atoms with Gasteiger partial charge in [0.2, 0.25) is 0 Å². The molecule has 0 spiro atoms. The summed E-state index contributed by atoms with van der Waals surface area (Å²) in [5, 5.41) is 3.59. The Balaban J connectivity index is 1.66. The molecule has 2 heterocycles. The molecular formula is C46H60F3N3. The lowest BCUT2D eigenvalue weighted by atomic mass is 9.69. The van der Waals surface area contributed by atoms with Crippen LogP contribution in [0.3, 0.4) is 0 Å². The number of aromatic nitrogens is 1. The number of pyridine rings is 1. The number of aryl methyl sites for hydroxylation is 2. The second-order valence-corrected chi connectivity index (χ2v) is 15.4. The number of alkyl halides is 1. The average Bonchev–Trinajstić information content (AvgIpc) is 3.13. The van der Waals surface area contributed by atoms with Gasteiger partial charge in [0.15, 0.2) is 17.3 Å². The Morgan fingerprint density at radius 3 is 2.21 bits per heavy atom. The van der Waals surface area contributed by atoms with E-state index in [0.717, 1.165) is 65.2 Å². The minimum Gasteiger partial charge on any atom is -0.348 e. The number of piperidine rings is 1. The van der Waals surface area contributed by atoms with Gasteiger partial charge in [-0.25, -0.2) is 13.2 Å². The zero-order valence-corrected chi connectivity index (χ0v) is 32.9. The van der Waals surface area contributed by atoms with Crippen molar-refractivity contribution < 1.29 is 13.2 Å². The third-order valence-electron chi connectivity index (χ3n) is 11.6. The molecule has 0 amide bonds. The normalized spacial score (nSPS) is 15.5. The molecule has 4 rings (SSSR count). The third kappa shape index (κ3) is 9.19. The van der Waals surface area contributed by atoms with Gasteiger partial charge in [-0.2, -0.15) is 0 Å². The molecule has 0 radical (unpaired) electrons. The second-order valence-electron chi connectivity index (χ2n) is 15.4. The summed E-state index contributed by atoms with van der Waals surface area (Å²) < 4.78 is 46.8. The van der Waals surface area contributed by atoms with Crippen molar-refractivity contribution in [2.24, 2.45) is 11.3 Å². The lowest BCUT2D eigenvalue weighted by Gasteiger charge is -2.36. The number of anilines is 1. The SMILES string of the molecule is C=C=C(Nc1ccc(C)cc1-c1ccc(C(C)(F)C(C)C)nc1)/C(C(=C)C)=C(\C)C(CC)(CC)Cc1ccc(CCCN2CCCCC2)c(F)c1F. The molecule has 52 heavy (non-hydrogen) atoms. The standard InChI is InChI=1S/C46H60F3N3/c1-11-39(51-40-23-19-33(8)28-38(40)37-22-24-41(50-30-37)45(10,49)32(6)7)42(31(4)5)34(9)46(12-2,13-3)29-36-21-20-35(43(47)44(36)48)18-17-27-52-25-15-14-16-26-52/h19-24,28,30,32,51H,1,4,12-18,25-27,29H2,2-3,5-10H3/b42-34+. The molecule has 0 bridgehead atoms. The van der Waals surface area contributed by atoms with Crippen LogP contribution in [0.4, 0.5) is 18.9 Å². The van der Waals surface area contributed by atoms with Gasteiger partial charge in [0, 0.05) is 28.6 Å². The molecule has 3 nitrogen and oxygen atoms in total. The van der Waals surface area contributed by atoms with Crippen LogP contribution >= 0.6 is 0 Å². The molecule has 1 aliphatic rings. The molecule has 3 aromatic rings. The van der Waals surface area contributed by atoms with E-state index in [1.165, 1.54) is 19.3 Å².